The van der Waals surface area contributed by atoms with Crippen LogP contribution in [0.1, 0.15) is 38.5 Å². The van der Waals surface area contributed by atoms with E-state index in [-0.39, 0.29) is 0 Å². The maximum Gasteiger partial charge on any atom is 0.0416 e. The molecule has 0 amide bonds. The zero-order chi connectivity index (χ0) is 9.10. The third kappa shape index (κ3) is 1.74. The highest BCUT2D eigenvalue weighted by Gasteiger charge is 2.15. The lowest BCUT2D eigenvalue weighted by Crippen LogP contribution is -2.05. The van der Waals surface area contributed by atoms with E-state index in [0.717, 1.165) is 0 Å². The Kier molecular flexibility index (Phi) is 2.62. The van der Waals surface area contributed by atoms with Crippen molar-refractivity contribution in [3.63, 3.8) is 0 Å². The zero-order valence-electron chi connectivity index (χ0n) is 8.34. The highest BCUT2D eigenvalue weighted by molar-refractivity contribution is 6.03. The molecule has 0 N–H and O–H groups in total. The summed E-state index contributed by atoms with van der Waals surface area (Å²) in [6, 6.07) is 0. The summed E-state index contributed by atoms with van der Waals surface area (Å²) in [6.45, 7) is 0. The third-order valence-electron chi connectivity index (χ3n) is 3.00. The zero-order valence-corrected chi connectivity index (χ0v) is 8.34. The lowest BCUT2D eigenvalue weighted by molar-refractivity contribution is 0.680. The molecule has 2 aliphatic rings. The van der Waals surface area contributed by atoms with E-state index in [1.54, 1.807) is 5.57 Å². The van der Waals surface area contributed by atoms with E-state index < -0.39 is 0 Å². The monoisotopic (exact) mass is 175 g/mol. The molecule has 2 aliphatic carbocycles. The predicted molar refractivity (Wildman–Crippen MR) is 57.2 cm³/mol. The van der Waals surface area contributed by atoms with Crippen LogP contribution < -0.4 is 0 Å². The minimum atomic E-state index is 1.17. The highest BCUT2D eigenvalue weighted by Crippen LogP contribution is 2.29. The van der Waals surface area contributed by atoms with Crippen molar-refractivity contribution in [3.05, 3.63) is 23.3 Å². The van der Waals surface area contributed by atoms with E-state index in [0.29, 0.717) is 0 Å². The highest BCUT2D eigenvalue weighted by atomic mass is 14.7. The van der Waals surface area contributed by atoms with Gasteiger partial charge in [-0.05, 0) is 37.7 Å². The minimum Gasteiger partial charge on any atom is -0.292 e. The van der Waals surface area contributed by atoms with Gasteiger partial charge in [0.15, 0.2) is 0 Å². The molecule has 1 heteroatoms. The smallest absolute Gasteiger partial charge is 0.0416 e. The van der Waals surface area contributed by atoms with E-state index in [2.05, 4.69) is 17.1 Å². The van der Waals surface area contributed by atoms with Crippen LogP contribution in [0, 0.1) is 0 Å². The van der Waals surface area contributed by atoms with E-state index in [1.165, 1.54) is 49.8 Å². The number of aliphatic imine (C=N–C) groups is 1. The van der Waals surface area contributed by atoms with Gasteiger partial charge >= 0.3 is 0 Å². The lowest BCUT2D eigenvalue weighted by atomic mass is 9.93. The topological polar surface area (TPSA) is 12.4 Å². The molecule has 0 aliphatic heterocycles. The summed E-state index contributed by atoms with van der Waals surface area (Å²) in [4.78, 5) is 4.40. The third-order valence-corrected chi connectivity index (χ3v) is 3.00. The summed E-state index contributed by atoms with van der Waals surface area (Å²) in [5.74, 6) is 0. The second-order valence-electron chi connectivity index (χ2n) is 3.85. The first-order chi connectivity index (χ1) is 6.42. The molecule has 70 valence electrons. The molecule has 2 rings (SSSR count). The van der Waals surface area contributed by atoms with Crippen LogP contribution in [-0.4, -0.2) is 12.8 Å². The summed E-state index contributed by atoms with van der Waals surface area (Å²) < 4.78 is 0. The molecule has 0 atom stereocenters. The van der Waals surface area contributed by atoms with Gasteiger partial charge < -0.3 is 0 Å². The quantitative estimate of drug-likeness (QED) is 0.535. The van der Waals surface area contributed by atoms with Crippen molar-refractivity contribution in [1.29, 1.82) is 0 Å². The lowest BCUT2D eigenvalue weighted by Gasteiger charge is -2.13. The summed E-state index contributed by atoms with van der Waals surface area (Å²) in [5, 5.41) is 0. The van der Waals surface area contributed by atoms with Crippen molar-refractivity contribution < 1.29 is 0 Å². The molecule has 13 heavy (non-hydrogen) atoms. The van der Waals surface area contributed by atoms with Crippen LogP contribution in [0.2, 0.25) is 0 Å². The molecule has 1 nitrogen and oxygen atoms in total. The molecule has 0 saturated heterocycles. The number of nitrogens with zero attached hydrogens (tertiary/aromatic N) is 1. The van der Waals surface area contributed by atoms with Crippen LogP contribution in [0.4, 0.5) is 0 Å². The Labute approximate surface area is 80.3 Å². The molecule has 0 spiro atoms. The molecule has 0 bridgehead atoms. The Hall–Kier alpha value is -0.850. The first-order valence-electron chi connectivity index (χ1n) is 5.26. The van der Waals surface area contributed by atoms with Crippen molar-refractivity contribution in [2.45, 2.75) is 38.5 Å². The van der Waals surface area contributed by atoms with E-state index in [1.807, 2.05) is 7.05 Å². The molecular formula is C12H17N. The van der Waals surface area contributed by atoms with Crippen molar-refractivity contribution in [3.8, 4) is 0 Å². The summed E-state index contributed by atoms with van der Waals surface area (Å²) in [5.41, 5.74) is 4.42. The number of hydrogen-bond acceptors (Lipinski definition) is 1. The predicted octanol–water partition coefficient (Wildman–Crippen LogP) is 3.28. The second-order valence-corrected chi connectivity index (χ2v) is 3.85. The standard InChI is InChI=1S/C12H17N/c1-13-12-9-4-2-3-6-10-7-5-8-11(10)12/h5,8H,2-4,6-7,9H2,1H3. The van der Waals surface area contributed by atoms with Crippen molar-refractivity contribution in [2.75, 3.05) is 7.05 Å². The molecule has 0 heterocycles. The summed E-state index contributed by atoms with van der Waals surface area (Å²) in [7, 11) is 1.92. The van der Waals surface area contributed by atoms with Crippen molar-refractivity contribution >= 4 is 5.71 Å². The maximum absolute atomic E-state index is 4.40. The van der Waals surface area contributed by atoms with Crippen LogP contribution in [0.25, 0.3) is 0 Å². The molecule has 0 aromatic carbocycles. The largest absolute Gasteiger partial charge is 0.292 e. The Balaban J connectivity index is 2.29. The number of hydrogen-bond donors (Lipinski definition) is 0. The maximum atomic E-state index is 4.40. The molecular weight excluding hydrogens is 158 g/mol. The van der Waals surface area contributed by atoms with Crippen LogP contribution >= 0.6 is 0 Å². The van der Waals surface area contributed by atoms with E-state index >= 15 is 0 Å². The van der Waals surface area contributed by atoms with Gasteiger partial charge in [-0.3, -0.25) is 4.99 Å². The van der Waals surface area contributed by atoms with Crippen LogP contribution in [0.15, 0.2) is 28.3 Å². The van der Waals surface area contributed by atoms with Gasteiger partial charge in [0.1, 0.15) is 0 Å². The van der Waals surface area contributed by atoms with Crippen LogP contribution in [0.3, 0.4) is 0 Å². The molecule has 0 radical (unpaired) electrons. The Morgan fingerprint density at radius 3 is 2.85 bits per heavy atom. The van der Waals surface area contributed by atoms with Crippen molar-refractivity contribution in [2.24, 2.45) is 4.99 Å². The fourth-order valence-electron chi connectivity index (χ4n) is 2.26. The van der Waals surface area contributed by atoms with Gasteiger partial charge in [0.2, 0.25) is 0 Å². The first-order valence-corrected chi connectivity index (χ1v) is 5.26. The molecule has 0 saturated carbocycles. The average Bonchev–Trinajstić information content (AvgIpc) is 2.53. The SMILES string of the molecule is CN=C1CCCCCC2=C1C=CC2. The van der Waals surface area contributed by atoms with Gasteiger partial charge in [-0.15, -0.1) is 0 Å². The Bertz CT molecular complexity index is 281. The minimum absolute atomic E-state index is 1.17. The van der Waals surface area contributed by atoms with Crippen LogP contribution in [-0.2, 0) is 0 Å². The molecule has 0 aromatic rings. The normalized spacial score (nSPS) is 26.1. The Morgan fingerprint density at radius 2 is 2.00 bits per heavy atom. The van der Waals surface area contributed by atoms with Crippen molar-refractivity contribution in [1.82, 2.24) is 0 Å². The fourth-order valence-corrected chi connectivity index (χ4v) is 2.26. The Morgan fingerprint density at radius 1 is 1.15 bits per heavy atom. The fraction of sp³-hybridized carbons (Fsp3) is 0.583. The summed E-state index contributed by atoms with van der Waals surface area (Å²) >= 11 is 0. The average molecular weight is 175 g/mol. The van der Waals surface area contributed by atoms with Crippen LogP contribution in [0.5, 0.6) is 0 Å². The number of rotatable bonds is 0. The molecule has 0 unspecified atom stereocenters. The molecule has 0 aromatic heterocycles. The number of allylic oxidation sites excluding steroid dienone is 4. The van der Waals surface area contributed by atoms with Gasteiger partial charge in [0.25, 0.3) is 0 Å². The van der Waals surface area contributed by atoms with E-state index in [9.17, 15) is 0 Å². The first kappa shape index (κ1) is 8.74. The summed E-state index contributed by atoms with van der Waals surface area (Å²) in [6.07, 6.45) is 12.3. The second kappa shape index (κ2) is 3.91. The molecule has 0 fully saturated rings. The van der Waals surface area contributed by atoms with Gasteiger partial charge in [0.05, 0.1) is 0 Å². The van der Waals surface area contributed by atoms with Gasteiger partial charge in [-0.1, -0.05) is 24.1 Å². The van der Waals surface area contributed by atoms with Gasteiger partial charge in [-0.25, -0.2) is 0 Å². The van der Waals surface area contributed by atoms with E-state index in [4.69, 9.17) is 0 Å². The van der Waals surface area contributed by atoms with Gasteiger partial charge in [0, 0.05) is 12.8 Å². The van der Waals surface area contributed by atoms with Gasteiger partial charge in [-0.2, -0.15) is 0 Å².